The average molecular weight is 484 g/mol. The van der Waals surface area contributed by atoms with Crippen molar-refractivity contribution in [1.82, 2.24) is 10.2 Å². The number of benzene rings is 1. The lowest BCUT2D eigenvalue weighted by Gasteiger charge is -2.25. The van der Waals surface area contributed by atoms with Crippen LogP contribution in [0.2, 0.25) is 0 Å². The van der Waals surface area contributed by atoms with E-state index in [-0.39, 0.29) is 16.8 Å². The van der Waals surface area contributed by atoms with Crippen LogP contribution in [0.1, 0.15) is 35.4 Å². The number of hydrogen-bond acceptors (Lipinski definition) is 8. The molecule has 1 atom stereocenters. The van der Waals surface area contributed by atoms with Crippen LogP contribution in [0.4, 0.5) is 5.00 Å². The molecular formula is C22H21N5O4S2. The van der Waals surface area contributed by atoms with E-state index >= 15 is 0 Å². The lowest BCUT2D eigenvalue weighted by molar-refractivity contribution is -0.705. The van der Waals surface area contributed by atoms with Crippen molar-refractivity contribution in [2.45, 2.75) is 44.0 Å². The molecule has 0 fully saturated rings. The summed E-state index contributed by atoms with van der Waals surface area (Å²) in [4.78, 5) is 27.3. The van der Waals surface area contributed by atoms with Crippen LogP contribution in [-0.2, 0) is 22.6 Å². The highest BCUT2D eigenvalue weighted by atomic mass is 32.2. The van der Waals surface area contributed by atoms with Gasteiger partial charge in [-0.3, -0.25) is 9.59 Å². The number of rotatable bonds is 5. The molecule has 1 N–H and O–H groups in total. The minimum absolute atomic E-state index is 0.0211. The van der Waals surface area contributed by atoms with Crippen molar-refractivity contribution in [3.63, 3.8) is 0 Å². The molecule has 0 spiro atoms. The summed E-state index contributed by atoms with van der Waals surface area (Å²) >= 11 is 2.34. The molecule has 3 aromatic rings. The van der Waals surface area contributed by atoms with Gasteiger partial charge in [0.25, 0.3) is 5.03 Å². The maximum absolute atomic E-state index is 12.9. The van der Waals surface area contributed by atoms with Gasteiger partial charge in [-0.1, -0.05) is 17.7 Å². The number of aryl methyl sites for hydroxylation is 1. The number of nitrogens with zero attached hydrogens (tertiary/aromatic N) is 4. The highest BCUT2D eigenvalue weighted by molar-refractivity contribution is 8.00. The molecule has 0 radical (unpaired) electrons. The monoisotopic (exact) mass is 483 g/mol. The average Bonchev–Trinajstić information content (AvgIpc) is 3.33. The van der Waals surface area contributed by atoms with E-state index in [1.165, 1.54) is 22.9 Å². The minimum atomic E-state index is -0.659. The van der Waals surface area contributed by atoms with Crippen LogP contribution in [0.25, 0.3) is 5.69 Å². The highest BCUT2D eigenvalue weighted by Gasteiger charge is 2.29. The summed E-state index contributed by atoms with van der Waals surface area (Å²) in [6.07, 6.45) is 0.575. The van der Waals surface area contributed by atoms with Crippen LogP contribution < -0.4 is 15.1 Å². The first-order valence-electron chi connectivity index (χ1n) is 10.2. The first-order valence-corrected chi connectivity index (χ1v) is 11.9. The fourth-order valence-electron chi connectivity index (χ4n) is 3.50. The Morgan fingerprint density at radius 2 is 2.12 bits per heavy atom. The van der Waals surface area contributed by atoms with Crippen LogP contribution in [0.15, 0.2) is 33.8 Å². The summed E-state index contributed by atoms with van der Waals surface area (Å²) in [5.41, 5.74) is 3.03. The second-order valence-corrected chi connectivity index (χ2v) is 10.1. The molecular weight excluding hydrogens is 462 g/mol. The molecule has 0 saturated heterocycles. The van der Waals surface area contributed by atoms with Gasteiger partial charge < -0.3 is 19.8 Å². The van der Waals surface area contributed by atoms with E-state index in [4.69, 9.17) is 4.52 Å². The SMILES string of the molecule is CC(=O)N1CCc2c(sc(NC(=O)C(C)Sc3c([O-])on[n+]3-c3ccc(C)cc3)c2C#N)C1. The summed E-state index contributed by atoms with van der Waals surface area (Å²) in [5, 5.41) is 28.5. The van der Waals surface area contributed by atoms with Gasteiger partial charge in [-0.2, -0.15) is 5.26 Å². The zero-order valence-electron chi connectivity index (χ0n) is 18.2. The Labute approximate surface area is 198 Å². The number of anilines is 1. The van der Waals surface area contributed by atoms with Gasteiger partial charge in [0.2, 0.25) is 17.5 Å². The number of nitriles is 1. The fourth-order valence-corrected chi connectivity index (χ4v) is 5.59. The molecule has 170 valence electrons. The Morgan fingerprint density at radius 3 is 2.79 bits per heavy atom. The summed E-state index contributed by atoms with van der Waals surface area (Å²) in [6.45, 7) is 6.12. The molecule has 1 unspecified atom stereocenters. The Kier molecular flexibility index (Phi) is 6.40. The molecule has 1 aromatic carbocycles. The zero-order chi connectivity index (χ0) is 23.7. The van der Waals surface area contributed by atoms with Crippen molar-refractivity contribution in [3.8, 4) is 17.7 Å². The van der Waals surface area contributed by atoms with Gasteiger partial charge in [0.1, 0.15) is 11.1 Å². The maximum Gasteiger partial charge on any atom is 0.298 e. The van der Waals surface area contributed by atoms with Gasteiger partial charge in [0.15, 0.2) is 5.95 Å². The Balaban J connectivity index is 1.52. The number of aromatic nitrogens is 2. The van der Waals surface area contributed by atoms with E-state index in [9.17, 15) is 20.0 Å². The number of carbonyl (C=O) groups is 2. The quantitative estimate of drug-likeness (QED) is 0.436. The number of fused-ring (bicyclic) bond motifs is 1. The van der Waals surface area contributed by atoms with E-state index in [2.05, 4.69) is 16.7 Å². The van der Waals surface area contributed by atoms with Crippen molar-refractivity contribution in [1.29, 1.82) is 5.26 Å². The third kappa shape index (κ3) is 4.58. The van der Waals surface area contributed by atoms with E-state index in [0.717, 1.165) is 27.8 Å². The van der Waals surface area contributed by atoms with Crippen molar-refractivity contribution >= 4 is 39.9 Å². The fraction of sp³-hybridized carbons (Fsp3) is 0.318. The molecule has 11 heteroatoms. The molecule has 1 aliphatic heterocycles. The Bertz CT molecular complexity index is 1260. The zero-order valence-corrected chi connectivity index (χ0v) is 19.9. The predicted octanol–water partition coefficient (Wildman–Crippen LogP) is 2.29. The van der Waals surface area contributed by atoms with Crippen LogP contribution in [0.5, 0.6) is 5.95 Å². The van der Waals surface area contributed by atoms with Gasteiger partial charge in [-0.25, -0.2) is 0 Å². The lowest BCUT2D eigenvalue weighted by Crippen LogP contribution is -2.36. The lowest BCUT2D eigenvalue weighted by atomic mass is 10.0. The molecule has 4 rings (SSSR count). The number of carbonyl (C=O) groups excluding carboxylic acids is 2. The predicted molar refractivity (Wildman–Crippen MR) is 120 cm³/mol. The van der Waals surface area contributed by atoms with Crippen molar-refractivity contribution in [3.05, 3.63) is 45.8 Å². The van der Waals surface area contributed by atoms with Gasteiger partial charge in [0, 0.05) is 30.5 Å². The molecule has 0 bridgehead atoms. The van der Waals surface area contributed by atoms with E-state index in [1.54, 1.807) is 11.8 Å². The number of amides is 2. The van der Waals surface area contributed by atoms with E-state index < -0.39 is 11.2 Å². The number of hydrogen-bond donors (Lipinski definition) is 1. The summed E-state index contributed by atoms with van der Waals surface area (Å²) < 4.78 is 6.20. The summed E-state index contributed by atoms with van der Waals surface area (Å²) in [7, 11) is 0. The van der Waals surface area contributed by atoms with Crippen LogP contribution >= 0.6 is 23.1 Å². The molecule has 9 nitrogen and oxygen atoms in total. The maximum atomic E-state index is 12.9. The van der Waals surface area contributed by atoms with Crippen LogP contribution in [0.3, 0.4) is 0 Å². The smallest absolute Gasteiger partial charge is 0.298 e. The Hall–Kier alpha value is -3.36. The summed E-state index contributed by atoms with van der Waals surface area (Å²) in [5.74, 6) is -1.00. The molecule has 33 heavy (non-hydrogen) atoms. The number of thioether (sulfide) groups is 1. The number of nitrogens with one attached hydrogen (secondary N) is 1. The largest absolute Gasteiger partial charge is 0.538 e. The van der Waals surface area contributed by atoms with Crippen molar-refractivity contribution in [2.75, 3.05) is 11.9 Å². The summed E-state index contributed by atoms with van der Waals surface area (Å²) in [6, 6.07) is 9.59. The van der Waals surface area contributed by atoms with Crippen LogP contribution in [0, 0.1) is 18.3 Å². The third-order valence-electron chi connectivity index (χ3n) is 5.36. The molecule has 0 aliphatic carbocycles. The first-order chi connectivity index (χ1) is 15.8. The Morgan fingerprint density at radius 1 is 1.39 bits per heavy atom. The van der Waals surface area contributed by atoms with Crippen molar-refractivity contribution in [2.24, 2.45) is 0 Å². The second-order valence-electron chi connectivity index (χ2n) is 7.67. The topological polar surface area (TPSA) is 126 Å². The van der Waals surface area contributed by atoms with Gasteiger partial charge in [-0.05, 0) is 42.3 Å². The normalized spacial score (nSPS) is 13.8. The molecule has 2 aromatic heterocycles. The van der Waals surface area contributed by atoms with E-state index in [0.29, 0.717) is 35.8 Å². The first kappa shape index (κ1) is 22.8. The van der Waals surface area contributed by atoms with Gasteiger partial charge in [0.05, 0.1) is 22.6 Å². The van der Waals surface area contributed by atoms with E-state index in [1.807, 2.05) is 31.2 Å². The third-order valence-corrected chi connectivity index (χ3v) is 7.62. The van der Waals surface area contributed by atoms with Gasteiger partial charge >= 0.3 is 0 Å². The molecule has 0 saturated carbocycles. The molecule has 3 heterocycles. The van der Waals surface area contributed by atoms with Gasteiger partial charge in [-0.15, -0.1) is 11.3 Å². The molecule has 2 amide bonds. The van der Waals surface area contributed by atoms with Crippen LogP contribution in [-0.4, -0.2) is 33.8 Å². The molecule has 1 aliphatic rings. The highest BCUT2D eigenvalue weighted by Crippen LogP contribution is 2.37. The second kappa shape index (κ2) is 9.25. The minimum Gasteiger partial charge on any atom is -0.538 e. The van der Waals surface area contributed by atoms with Crippen molar-refractivity contribution < 1.29 is 23.9 Å². The standard InChI is InChI=1S/C22H21N5O4S2/c1-12-4-6-15(7-5-12)27-21(22(30)31-25-27)32-13(2)19(29)24-20-17(10-23)16-8-9-26(14(3)28)11-18(16)33-20/h4-7,13H,8-9,11H2,1-3H3,(H-,24,25,29,30). The number of thiophene rings is 1.